The van der Waals surface area contributed by atoms with Crippen LogP contribution in [0.15, 0.2) is 42.5 Å². The van der Waals surface area contributed by atoms with Crippen molar-refractivity contribution in [3.63, 3.8) is 0 Å². The number of hydrogen-bond acceptors (Lipinski definition) is 3. The minimum Gasteiger partial charge on any atom is -0.236 e. The Morgan fingerprint density at radius 1 is 1.17 bits per heavy atom. The first-order valence-corrected chi connectivity index (χ1v) is 6.53. The molecule has 0 aliphatic carbocycles. The van der Waals surface area contributed by atoms with Crippen molar-refractivity contribution < 1.29 is 0 Å². The van der Waals surface area contributed by atoms with Gasteiger partial charge in [0.25, 0.3) is 0 Å². The molecule has 1 aromatic heterocycles. The van der Waals surface area contributed by atoms with Gasteiger partial charge in [0.2, 0.25) is 0 Å². The third kappa shape index (κ3) is 1.86. The standard InChI is InChI=1S/C14H7ClN2S/c15-11-7-9(5-6-10(11)8-16)14-17-12-3-1-2-4-13(12)18-14/h1-7H. The van der Waals surface area contributed by atoms with Gasteiger partial charge in [-0.3, -0.25) is 0 Å². The monoisotopic (exact) mass is 270 g/mol. The van der Waals surface area contributed by atoms with E-state index in [9.17, 15) is 0 Å². The molecule has 0 radical (unpaired) electrons. The maximum absolute atomic E-state index is 8.85. The van der Waals surface area contributed by atoms with Crippen molar-refractivity contribution in [2.24, 2.45) is 0 Å². The van der Waals surface area contributed by atoms with Crippen molar-refractivity contribution in [1.82, 2.24) is 4.98 Å². The van der Waals surface area contributed by atoms with Gasteiger partial charge in [-0.25, -0.2) is 4.98 Å². The fourth-order valence-electron chi connectivity index (χ4n) is 1.73. The summed E-state index contributed by atoms with van der Waals surface area (Å²) < 4.78 is 1.15. The summed E-state index contributed by atoms with van der Waals surface area (Å²) in [7, 11) is 0. The van der Waals surface area contributed by atoms with Crippen LogP contribution in [0.25, 0.3) is 20.8 Å². The van der Waals surface area contributed by atoms with E-state index in [0.717, 1.165) is 20.8 Å². The van der Waals surface area contributed by atoms with E-state index in [2.05, 4.69) is 11.1 Å². The predicted octanol–water partition coefficient (Wildman–Crippen LogP) is 4.49. The average Bonchev–Trinajstić information content (AvgIpc) is 2.82. The van der Waals surface area contributed by atoms with Crippen LogP contribution in [0.4, 0.5) is 0 Å². The molecule has 2 aromatic carbocycles. The molecule has 0 N–H and O–H groups in total. The number of nitrogens with zero attached hydrogens (tertiary/aromatic N) is 2. The molecule has 4 heteroatoms. The minimum absolute atomic E-state index is 0.467. The van der Waals surface area contributed by atoms with Gasteiger partial charge in [-0.1, -0.05) is 29.8 Å². The molecular formula is C14H7ClN2S. The summed E-state index contributed by atoms with van der Waals surface area (Å²) in [5, 5.41) is 10.2. The maximum atomic E-state index is 8.85. The van der Waals surface area contributed by atoms with Gasteiger partial charge in [0.05, 0.1) is 20.8 Å². The van der Waals surface area contributed by atoms with Crippen LogP contribution >= 0.6 is 22.9 Å². The van der Waals surface area contributed by atoms with E-state index < -0.39 is 0 Å². The molecule has 18 heavy (non-hydrogen) atoms. The first kappa shape index (κ1) is 11.2. The molecule has 0 aliphatic rings. The number of aromatic nitrogens is 1. The van der Waals surface area contributed by atoms with E-state index >= 15 is 0 Å². The summed E-state index contributed by atoms with van der Waals surface area (Å²) in [6.07, 6.45) is 0. The minimum atomic E-state index is 0.467. The third-order valence-electron chi connectivity index (χ3n) is 2.63. The predicted molar refractivity (Wildman–Crippen MR) is 74.8 cm³/mol. The zero-order valence-electron chi connectivity index (χ0n) is 9.22. The maximum Gasteiger partial charge on any atom is 0.124 e. The van der Waals surface area contributed by atoms with Crippen LogP contribution in [0.5, 0.6) is 0 Å². The molecule has 0 saturated heterocycles. The zero-order valence-corrected chi connectivity index (χ0v) is 10.8. The number of benzene rings is 2. The van der Waals surface area contributed by atoms with Gasteiger partial charge in [0.1, 0.15) is 11.1 Å². The highest BCUT2D eigenvalue weighted by Gasteiger charge is 2.08. The number of thiazole rings is 1. The Kier molecular flexibility index (Phi) is 2.75. The van der Waals surface area contributed by atoms with Crippen molar-refractivity contribution in [3.8, 4) is 16.6 Å². The van der Waals surface area contributed by atoms with Crippen molar-refractivity contribution in [2.45, 2.75) is 0 Å². The van der Waals surface area contributed by atoms with Gasteiger partial charge in [-0.05, 0) is 24.3 Å². The van der Waals surface area contributed by atoms with E-state index in [1.165, 1.54) is 0 Å². The molecule has 0 saturated carbocycles. The van der Waals surface area contributed by atoms with Crippen LogP contribution in [-0.2, 0) is 0 Å². The third-order valence-corrected chi connectivity index (χ3v) is 4.03. The summed E-state index contributed by atoms with van der Waals surface area (Å²) in [5.41, 5.74) is 2.42. The molecular weight excluding hydrogens is 264 g/mol. The summed E-state index contributed by atoms with van der Waals surface area (Å²) >= 11 is 7.65. The Morgan fingerprint density at radius 3 is 2.72 bits per heavy atom. The Bertz CT molecular complexity index is 738. The lowest BCUT2D eigenvalue weighted by atomic mass is 10.1. The lowest BCUT2D eigenvalue weighted by Crippen LogP contribution is -1.80. The molecule has 0 amide bonds. The van der Waals surface area contributed by atoms with E-state index in [0.29, 0.717) is 10.6 Å². The molecule has 0 spiro atoms. The summed E-state index contributed by atoms with van der Waals surface area (Å²) in [5.74, 6) is 0. The van der Waals surface area contributed by atoms with Crippen molar-refractivity contribution in [2.75, 3.05) is 0 Å². The first-order valence-electron chi connectivity index (χ1n) is 5.33. The van der Waals surface area contributed by atoms with Gasteiger partial charge in [0.15, 0.2) is 0 Å². The zero-order chi connectivity index (χ0) is 12.5. The van der Waals surface area contributed by atoms with E-state index in [1.807, 2.05) is 30.3 Å². The van der Waals surface area contributed by atoms with Crippen LogP contribution in [0, 0.1) is 11.3 Å². The Morgan fingerprint density at radius 2 is 2.00 bits per heavy atom. The lowest BCUT2D eigenvalue weighted by Gasteiger charge is -1.98. The number of nitriles is 1. The van der Waals surface area contributed by atoms with Gasteiger partial charge < -0.3 is 0 Å². The number of fused-ring (bicyclic) bond motifs is 1. The fourth-order valence-corrected chi connectivity index (χ4v) is 2.92. The van der Waals surface area contributed by atoms with Crippen molar-refractivity contribution in [1.29, 1.82) is 5.26 Å². The normalized spacial score (nSPS) is 10.4. The molecule has 0 atom stereocenters. The number of hydrogen-bond donors (Lipinski definition) is 0. The summed E-state index contributed by atoms with van der Waals surface area (Å²) in [6, 6.07) is 15.4. The highest BCUT2D eigenvalue weighted by atomic mass is 35.5. The van der Waals surface area contributed by atoms with Gasteiger partial charge in [-0.15, -0.1) is 11.3 Å². The largest absolute Gasteiger partial charge is 0.236 e. The SMILES string of the molecule is N#Cc1ccc(-c2nc3ccccc3s2)cc1Cl. The second kappa shape index (κ2) is 4.41. The van der Waals surface area contributed by atoms with Crippen LogP contribution in [0.2, 0.25) is 5.02 Å². The van der Waals surface area contributed by atoms with Crippen LogP contribution in [0.1, 0.15) is 5.56 Å². The van der Waals surface area contributed by atoms with Crippen molar-refractivity contribution in [3.05, 3.63) is 53.1 Å². The highest BCUT2D eigenvalue weighted by Crippen LogP contribution is 2.32. The molecule has 0 fully saturated rings. The number of rotatable bonds is 1. The smallest absolute Gasteiger partial charge is 0.124 e. The Balaban J connectivity index is 2.15. The second-order valence-electron chi connectivity index (χ2n) is 3.79. The quantitative estimate of drug-likeness (QED) is 0.653. The second-order valence-corrected chi connectivity index (χ2v) is 5.23. The number of para-hydroxylation sites is 1. The topological polar surface area (TPSA) is 36.7 Å². The average molecular weight is 271 g/mol. The molecule has 2 nitrogen and oxygen atoms in total. The molecule has 86 valence electrons. The molecule has 3 rings (SSSR count). The molecule has 0 bridgehead atoms. The van der Waals surface area contributed by atoms with Gasteiger partial charge >= 0.3 is 0 Å². The fraction of sp³-hybridized carbons (Fsp3) is 0. The van der Waals surface area contributed by atoms with Gasteiger partial charge in [0, 0.05) is 5.56 Å². The molecule has 0 aliphatic heterocycles. The van der Waals surface area contributed by atoms with Crippen LogP contribution < -0.4 is 0 Å². The summed E-state index contributed by atoms with van der Waals surface area (Å²) in [4.78, 5) is 4.56. The molecule has 3 aromatic rings. The number of halogens is 1. The summed E-state index contributed by atoms with van der Waals surface area (Å²) in [6.45, 7) is 0. The van der Waals surface area contributed by atoms with E-state index in [1.54, 1.807) is 23.5 Å². The highest BCUT2D eigenvalue weighted by molar-refractivity contribution is 7.21. The Labute approximate surface area is 113 Å². The van der Waals surface area contributed by atoms with Crippen LogP contribution in [0.3, 0.4) is 0 Å². The lowest BCUT2D eigenvalue weighted by molar-refractivity contribution is 1.45. The molecule has 0 unspecified atom stereocenters. The van der Waals surface area contributed by atoms with E-state index in [4.69, 9.17) is 16.9 Å². The van der Waals surface area contributed by atoms with E-state index in [-0.39, 0.29) is 0 Å². The molecule has 1 heterocycles. The van der Waals surface area contributed by atoms with Crippen LogP contribution in [-0.4, -0.2) is 4.98 Å². The first-order chi connectivity index (χ1) is 8.78. The van der Waals surface area contributed by atoms with Crippen molar-refractivity contribution >= 4 is 33.2 Å². The Hall–Kier alpha value is -1.89. The van der Waals surface area contributed by atoms with Gasteiger partial charge in [-0.2, -0.15) is 5.26 Å².